The SMILES string of the molecule is N#Cc1ccc(S[C@@H]2C[C@@H](n3cc(-c4csc(N)n4)nn3)[C@@H](O)[C@@H](CO)O2)cc1Cl. The quantitative estimate of drug-likeness (QED) is 0.518. The summed E-state index contributed by atoms with van der Waals surface area (Å²) in [5.41, 5.74) is 6.86. The van der Waals surface area contributed by atoms with Gasteiger partial charge >= 0.3 is 0 Å². The Balaban J connectivity index is 1.55. The number of thiazole rings is 1. The molecule has 3 heterocycles. The van der Waals surface area contributed by atoms with Gasteiger partial charge in [-0.1, -0.05) is 28.6 Å². The van der Waals surface area contributed by atoms with Crippen molar-refractivity contribution in [2.24, 2.45) is 0 Å². The van der Waals surface area contributed by atoms with Crippen LogP contribution >= 0.6 is 34.7 Å². The monoisotopic (exact) mass is 464 g/mol. The van der Waals surface area contributed by atoms with Crippen LogP contribution in [0.1, 0.15) is 18.0 Å². The summed E-state index contributed by atoms with van der Waals surface area (Å²) in [6.45, 7) is -0.340. The molecule has 0 unspecified atom stereocenters. The zero-order chi connectivity index (χ0) is 21.3. The molecular weight excluding hydrogens is 448 g/mol. The van der Waals surface area contributed by atoms with Gasteiger partial charge in [0.2, 0.25) is 0 Å². The van der Waals surface area contributed by atoms with Crippen LogP contribution in [0, 0.1) is 11.3 Å². The van der Waals surface area contributed by atoms with Gasteiger partial charge in [0.25, 0.3) is 0 Å². The number of thioether (sulfide) groups is 1. The molecule has 4 N–H and O–H groups in total. The summed E-state index contributed by atoms with van der Waals surface area (Å²) in [6.07, 6.45) is 0.369. The molecule has 1 aromatic carbocycles. The van der Waals surface area contributed by atoms with Crippen molar-refractivity contribution in [2.45, 2.75) is 35.0 Å². The molecule has 9 nitrogen and oxygen atoms in total. The van der Waals surface area contributed by atoms with Crippen molar-refractivity contribution in [3.63, 3.8) is 0 Å². The fraction of sp³-hybridized carbons (Fsp3) is 0.333. The molecule has 156 valence electrons. The van der Waals surface area contributed by atoms with Crippen molar-refractivity contribution in [3.05, 3.63) is 40.4 Å². The Morgan fingerprint density at radius 1 is 1.43 bits per heavy atom. The molecular formula is C18H17ClN6O3S2. The van der Waals surface area contributed by atoms with E-state index in [0.717, 1.165) is 4.90 Å². The summed E-state index contributed by atoms with van der Waals surface area (Å²) >= 11 is 8.82. The highest BCUT2D eigenvalue weighted by atomic mass is 35.5. The van der Waals surface area contributed by atoms with Crippen molar-refractivity contribution >= 4 is 39.8 Å². The highest BCUT2D eigenvalue weighted by molar-refractivity contribution is 7.99. The minimum Gasteiger partial charge on any atom is -0.394 e. The van der Waals surface area contributed by atoms with E-state index < -0.39 is 18.2 Å². The minimum absolute atomic E-state index is 0.340. The lowest BCUT2D eigenvalue weighted by Crippen LogP contribution is -2.47. The molecule has 0 bridgehead atoms. The average Bonchev–Trinajstić information content (AvgIpc) is 3.38. The fourth-order valence-corrected chi connectivity index (χ4v) is 5.15. The Kier molecular flexibility index (Phi) is 6.24. The van der Waals surface area contributed by atoms with Crippen LogP contribution in [0.2, 0.25) is 5.02 Å². The predicted molar refractivity (Wildman–Crippen MR) is 113 cm³/mol. The van der Waals surface area contributed by atoms with Gasteiger partial charge in [-0.3, -0.25) is 0 Å². The summed E-state index contributed by atoms with van der Waals surface area (Å²) in [6, 6.07) is 6.69. The summed E-state index contributed by atoms with van der Waals surface area (Å²) in [4.78, 5) is 5.01. The van der Waals surface area contributed by atoms with Crippen LogP contribution < -0.4 is 5.73 Å². The summed E-state index contributed by atoms with van der Waals surface area (Å²) < 4.78 is 7.43. The highest BCUT2D eigenvalue weighted by Crippen LogP contribution is 2.38. The Morgan fingerprint density at radius 3 is 2.93 bits per heavy atom. The molecule has 2 aromatic heterocycles. The molecule has 0 amide bonds. The summed E-state index contributed by atoms with van der Waals surface area (Å²) in [7, 11) is 0. The first-order chi connectivity index (χ1) is 14.5. The number of aliphatic hydroxyl groups excluding tert-OH is 2. The van der Waals surface area contributed by atoms with E-state index in [2.05, 4.69) is 15.3 Å². The van der Waals surface area contributed by atoms with Crippen molar-refractivity contribution < 1.29 is 14.9 Å². The third kappa shape index (κ3) is 4.29. The Labute approximate surface area is 185 Å². The normalized spacial score (nSPS) is 23.9. The highest BCUT2D eigenvalue weighted by Gasteiger charge is 2.39. The molecule has 3 aromatic rings. The first-order valence-electron chi connectivity index (χ1n) is 8.92. The molecule has 4 rings (SSSR count). The number of nitrogens with two attached hydrogens (primary N) is 1. The lowest BCUT2D eigenvalue weighted by Gasteiger charge is -2.38. The third-order valence-corrected chi connectivity index (χ3v) is 6.76. The number of rotatable bonds is 5. The van der Waals surface area contributed by atoms with Gasteiger partial charge in [-0.2, -0.15) is 5.26 Å². The van der Waals surface area contributed by atoms with E-state index in [4.69, 9.17) is 27.3 Å². The number of hydrogen-bond donors (Lipinski definition) is 3. The lowest BCUT2D eigenvalue weighted by molar-refractivity contribution is -0.130. The zero-order valence-corrected chi connectivity index (χ0v) is 17.8. The Hall–Kier alpha value is -2.20. The molecule has 1 aliphatic rings. The molecule has 1 saturated heterocycles. The number of halogens is 1. The summed E-state index contributed by atoms with van der Waals surface area (Å²) in [5.74, 6) is 0. The van der Waals surface area contributed by atoms with Gasteiger partial charge in [-0.25, -0.2) is 9.67 Å². The second-order valence-corrected chi connectivity index (χ2v) is 9.14. The van der Waals surface area contributed by atoms with E-state index in [1.165, 1.54) is 23.1 Å². The first kappa shape index (κ1) is 21.0. The fourth-order valence-electron chi connectivity index (χ4n) is 3.18. The van der Waals surface area contributed by atoms with Crippen LogP contribution in [-0.4, -0.2) is 54.4 Å². The number of benzene rings is 1. The lowest BCUT2D eigenvalue weighted by atomic mass is 10.00. The molecule has 1 fully saturated rings. The largest absolute Gasteiger partial charge is 0.394 e. The van der Waals surface area contributed by atoms with Crippen molar-refractivity contribution in [3.8, 4) is 17.5 Å². The van der Waals surface area contributed by atoms with E-state index in [1.54, 1.807) is 34.5 Å². The van der Waals surface area contributed by atoms with Crippen molar-refractivity contribution in [2.75, 3.05) is 12.3 Å². The van der Waals surface area contributed by atoms with Gasteiger partial charge in [-0.15, -0.1) is 16.4 Å². The van der Waals surface area contributed by atoms with Gasteiger partial charge in [0.1, 0.15) is 35.1 Å². The third-order valence-electron chi connectivity index (χ3n) is 4.68. The molecule has 1 aliphatic heterocycles. The smallest absolute Gasteiger partial charge is 0.180 e. The zero-order valence-electron chi connectivity index (χ0n) is 15.4. The van der Waals surface area contributed by atoms with Crippen LogP contribution in [0.25, 0.3) is 11.4 Å². The van der Waals surface area contributed by atoms with Crippen molar-refractivity contribution in [1.29, 1.82) is 5.26 Å². The topological polar surface area (TPSA) is 143 Å². The van der Waals surface area contributed by atoms with Gasteiger partial charge in [-0.05, 0) is 18.2 Å². The molecule has 0 radical (unpaired) electrons. The average molecular weight is 465 g/mol. The Bertz CT molecular complexity index is 1080. The maximum absolute atomic E-state index is 10.7. The van der Waals surface area contributed by atoms with Crippen LogP contribution in [0.3, 0.4) is 0 Å². The predicted octanol–water partition coefficient (Wildman–Crippen LogP) is 2.31. The number of nitrogen functional groups attached to an aromatic ring is 1. The number of aliphatic hydroxyl groups is 2. The number of anilines is 1. The maximum Gasteiger partial charge on any atom is 0.180 e. The van der Waals surface area contributed by atoms with Gasteiger partial charge in [0.15, 0.2) is 5.13 Å². The number of aromatic nitrogens is 4. The molecule has 0 aliphatic carbocycles. The van der Waals surface area contributed by atoms with Crippen LogP contribution in [0.4, 0.5) is 5.13 Å². The molecule has 30 heavy (non-hydrogen) atoms. The second-order valence-electron chi connectivity index (χ2n) is 6.61. The number of hydrogen-bond acceptors (Lipinski definition) is 10. The molecule has 4 atom stereocenters. The van der Waals surface area contributed by atoms with E-state index in [1.807, 2.05) is 6.07 Å². The summed E-state index contributed by atoms with van der Waals surface area (Å²) in [5, 5.41) is 40.3. The van der Waals surface area contributed by atoms with Crippen LogP contribution in [0.5, 0.6) is 0 Å². The minimum atomic E-state index is -0.966. The first-order valence-corrected chi connectivity index (χ1v) is 11.1. The Morgan fingerprint density at radius 2 is 2.27 bits per heavy atom. The van der Waals surface area contributed by atoms with Gasteiger partial charge < -0.3 is 20.7 Å². The van der Waals surface area contributed by atoms with E-state index in [0.29, 0.717) is 33.5 Å². The maximum atomic E-state index is 10.7. The van der Waals surface area contributed by atoms with Gasteiger partial charge in [0, 0.05) is 16.7 Å². The molecule has 12 heteroatoms. The molecule has 0 spiro atoms. The second kappa shape index (κ2) is 8.89. The van der Waals surface area contributed by atoms with Crippen molar-refractivity contribution in [1.82, 2.24) is 20.0 Å². The number of ether oxygens (including phenoxy) is 1. The van der Waals surface area contributed by atoms with Gasteiger partial charge in [0.05, 0.1) is 29.4 Å². The van der Waals surface area contributed by atoms with Crippen LogP contribution in [0.15, 0.2) is 34.7 Å². The van der Waals surface area contributed by atoms with E-state index in [9.17, 15) is 10.2 Å². The molecule has 0 saturated carbocycles. The van der Waals surface area contributed by atoms with E-state index >= 15 is 0 Å². The number of nitrogens with zero attached hydrogens (tertiary/aromatic N) is 5. The number of nitriles is 1. The van der Waals surface area contributed by atoms with Crippen LogP contribution in [-0.2, 0) is 4.74 Å². The standard InChI is InChI=1S/C18H17ClN6O3S2/c19-11-3-10(2-1-9(11)5-20)30-16-4-14(17(27)15(7-26)28-16)25-6-12(23-24-25)13-8-29-18(21)22-13/h1-3,6,8,14-17,26-27H,4,7H2,(H2,21,22)/t14-,15-,16-,17-/m1/s1. The van der Waals surface area contributed by atoms with E-state index in [-0.39, 0.29) is 12.0 Å².